The second-order valence-electron chi connectivity index (χ2n) is 5.78. The largest absolute Gasteiger partial charge is 0.394 e. The molecule has 0 spiro atoms. The van der Waals surface area contributed by atoms with Gasteiger partial charge in [-0.3, -0.25) is 4.79 Å². The normalized spacial score (nSPS) is 12.2. The van der Waals surface area contributed by atoms with Crippen molar-refractivity contribution in [3.05, 3.63) is 71.4 Å². The molecule has 0 fully saturated rings. The molecular formula is C19H20N2O3. The monoisotopic (exact) mass is 324 g/mol. The van der Waals surface area contributed by atoms with Gasteiger partial charge in [0, 0.05) is 22.7 Å². The van der Waals surface area contributed by atoms with Gasteiger partial charge in [-0.15, -0.1) is 0 Å². The maximum atomic E-state index is 12.4. The molecule has 4 N–H and O–H groups in total. The first-order valence-electron chi connectivity index (χ1n) is 7.87. The molecule has 1 aromatic heterocycles. The summed E-state index contributed by atoms with van der Waals surface area (Å²) in [7, 11) is 0. The van der Waals surface area contributed by atoms with Gasteiger partial charge in [-0.1, -0.05) is 30.3 Å². The van der Waals surface area contributed by atoms with Gasteiger partial charge in [-0.05, 0) is 35.7 Å². The highest BCUT2D eigenvalue weighted by atomic mass is 16.3. The van der Waals surface area contributed by atoms with Gasteiger partial charge in [0.25, 0.3) is 5.91 Å². The Balaban J connectivity index is 1.73. The average Bonchev–Trinajstić information content (AvgIpc) is 3.04. The predicted molar refractivity (Wildman–Crippen MR) is 92.7 cm³/mol. The number of aromatic nitrogens is 1. The number of carbonyl (C=O) groups is 1. The Morgan fingerprint density at radius 1 is 1.12 bits per heavy atom. The van der Waals surface area contributed by atoms with E-state index >= 15 is 0 Å². The van der Waals surface area contributed by atoms with E-state index in [2.05, 4.69) is 10.3 Å². The summed E-state index contributed by atoms with van der Waals surface area (Å²) in [6.07, 6.45) is 2.44. The number of nitrogens with one attached hydrogen (secondary N) is 2. The number of hydrogen-bond donors (Lipinski definition) is 4. The van der Waals surface area contributed by atoms with E-state index in [-0.39, 0.29) is 25.2 Å². The van der Waals surface area contributed by atoms with Crippen molar-refractivity contribution in [2.45, 2.75) is 19.1 Å². The van der Waals surface area contributed by atoms with Crippen LogP contribution in [0.5, 0.6) is 0 Å². The summed E-state index contributed by atoms with van der Waals surface area (Å²) in [5.74, 6) is -0.260. The Bertz CT molecular complexity index is 841. The van der Waals surface area contributed by atoms with E-state index in [1.54, 1.807) is 24.3 Å². The summed E-state index contributed by atoms with van der Waals surface area (Å²) < 4.78 is 0. The summed E-state index contributed by atoms with van der Waals surface area (Å²) in [6.45, 7) is -0.259. The molecule has 5 nitrogen and oxygen atoms in total. The molecule has 0 bridgehead atoms. The molecule has 124 valence electrons. The SMILES string of the molecule is O=C(N[C@@H](CO)Cc1c[nH]c2ccccc12)c1cccc(CO)c1. The van der Waals surface area contributed by atoms with Crippen molar-refractivity contribution in [1.29, 1.82) is 0 Å². The number of hydrogen-bond acceptors (Lipinski definition) is 3. The minimum atomic E-state index is -0.380. The summed E-state index contributed by atoms with van der Waals surface area (Å²) >= 11 is 0. The third-order valence-electron chi connectivity index (χ3n) is 4.07. The van der Waals surface area contributed by atoms with Crippen LogP contribution in [0.3, 0.4) is 0 Å². The van der Waals surface area contributed by atoms with Crippen LogP contribution in [0.4, 0.5) is 0 Å². The number of aliphatic hydroxyl groups excluding tert-OH is 2. The average molecular weight is 324 g/mol. The van der Waals surface area contributed by atoms with Gasteiger partial charge < -0.3 is 20.5 Å². The van der Waals surface area contributed by atoms with Crippen LogP contribution in [-0.4, -0.2) is 33.8 Å². The van der Waals surface area contributed by atoms with Gasteiger partial charge in [-0.2, -0.15) is 0 Å². The maximum absolute atomic E-state index is 12.4. The third-order valence-corrected chi connectivity index (χ3v) is 4.07. The lowest BCUT2D eigenvalue weighted by Crippen LogP contribution is -2.39. The fourth-order valence-corrected chi connectivity index (χ4v) is 2.81. The molecule has 1 atom stereocenters. The zero-order chi connectivity index (χ0) is 16.9. The zero-order valence-corrected chi connectivity index (χ0v) is 13.2. The lowest BCUT2D eigenvalue weighted by molar-refractivity contribution is 0.0916. The van der Waals surface area contributed by atoms with Crippen molar-refractivity contribution in [2.75, 3.05) is 6.61 Å². The van der Waals surface area contributed by atoms with Crippen LogP contribution in [0.1, 0.15) is 21.5 Å². The van der Waals surface area contributed by atoms with Gasteiger partial charge in [-0.25, -0.2) is 0 Å². The first kappa shape index (κ1) is 16.2. The summed E-state index contributed by atoms with van der Waals surface area (Å²) in [5, 5.41) is 22.7. The highest BCUT2D eigenvalue weighted by Crippen LogP contribution is 2.19. The van der Waals surface area contributed by atoms with Crippen LogP contribution < -0.4 is 5.32 Å². The van der Waals surface area contributed by atoms with E-state index in [1.165, 1.54) is 0 Å². The number of aromatic amines is 1. The Hall–Kier alpha value is -2.63. The number of carbonyl (C=O) groups excluding carboxylic acids is 1. The number of benzene rings is 2. The van der Waals surface area contributed by atoms with Gasteiger partial charge in [0.05, 0.1) is 19.3 Å². The zero-order valence-electron chi connectivity index (χ0n) is 13.2. The van der Waals surface area contributed by atoms with E-state index in [4.69, 9.17) is 5.11 Å². The number of aliphatic hydroxyl groups is 2. The first-order valence-corrected chi connectivity index (χ1v) is 7.87. The van der Waals surface area contributed by atoms with Crippen LogP contribution in [0.15, 0.2) is 54.7 Å². The molecule has 0 aliphatic heterocycles. The van der Waals surface area contributed by atoms with Crippen LogP contribution in [0.25, 0.3) is 10.9 Å². The molecule has 3 aromatic rings. The van der Waals surface area contributed by atoms with Gasteiger partial charge in [0.1, 0.15) is 0 Å². The van der Waals surface area contributed by atoms with E-state index in [0.29, 0.717) is 17.5 Å². The molecule has 24 heavy (non-hydrogen) atoms. The number of para-hydroxylation sites is 1. The Morgan fingerprint density at radius 2 is 1.96 bits per heavy atom. The van der Waals surface area contributed by atoms with E-state index < -0.39 is 0 Å². The number of fused-ring (bicyclic) bond motifs is 1. The minimum absolute atomic E-state index is 0.111. The van der Waals surface area contributed by atoms with Crippen molar-refractivity contribution in [3.8, 4) is 0 Å². The number of H-pyrrole nitrogens is 1. The Kier molecular flexibility index (Phi) is 4.93. The number of rotatable bonds is 6. The standard InChI is InChI=1S/C19H20N2O3/c22-11-13-4-3-5-14(8-13)19(24)21-16(12-23)9-15-10-20-18-7-2-1-6-17(15)18/h1-8,10,16,20,22-23H,9,11-12H2,(H,21,24)/t16-/m1/s1. The van der Waals surface area contributed by atoms with Gasteiger partial charge in [0.15, 0.2) is 0 Å². The van der Waals surface area contributed by atoms with Crippen molar-refractivity contribution in [1.82, 2.24) is 10.3 Å². The molecule has 1 amide bonds. The summed E-state index contributed by atoms with van der Waals surface area (Å²) in [6, 6.07) is 14.4. The van der Waals surface area contributed by atoms with Crippen molar-refractivity contribution < 1.29 is 15.0 Å². The first-order chi connectivity index (χ1) is 11.7. The van der Waals surface area contributed by atoms with Crippen molar-refractivity contribution in [3.63, 3.8) is 0 Å². The van der Waals surface area contributed by atoms with Crippen molar-refractivity contribution in [2.24, 2.45) is 0 Å². The van der Waals surface area contributed by atoms with Crippen molar-refractivity contribution >= 4 is 16.8 Å². The fraction of sp³-hybridized carbons (Fsp3) is 0.211. The second kappa shape index (κ2) is 7.29. The lowest BCUT2D eigenvalue weighted by atomic mass is 10.0. The van der Waals surface area contributed by atoms with Gasteiger partial charge >= 0.3 is 0 Å². The lowest BCUT2D eigenvalue weighted by Gasteiger charge is -2.16. The van der Waals surface area contributed by atoms with Crippen LogP contribution in [0.2, 0.25) is 0 Å². The molecule has 0 unspecified atom stereocenters. The fourth-order valence-electron chi connectivity index (χ4n) is 2.81. The minimum Gasteiger partial charge on any atom is -0.394 e. The molecule has 0 saturated heterocycles. The van der Waals surface area contributed by atoms with E-state index in [1.807, 2.05) is 30.5 Å². The topological polar surface area (TPSA) is 85.4 Å². The molecule has 3 rings (SSSR count). The molecular weight excluding hydrogens is 304 g/mol. The summed E-state index contributed by atoms with van der Waals surface area (Å²) in [4.78, 5) is 15.6. The van der Waals surface area contributed by atoms with Crippen LogP contribution >= 0.6 is 0 Å². The molecule has 0 aliphatic rings. The van der Waals surface area contributed by atoms with Gasteiger partial charge in [0.2, 0.25) is 0 Å². The van der Waals surface area contributed by atoms with Crippen LogP contribution in [0, 0.1) is 0 Å². The second-order valence-corrected chi connectivity index (χ2v) is 5.78. The molecule has 1 heterocycles. The summed E-state index contributed by atoms with van der Waals surface area (Å²) in [5.41, 5.74) is 3.24. The molecule has 0 radical (unpaired) electrons. The highest BCUT2D eigenvalue weighted by Gasteiger charge is 2.15. The van der Waals surface area contributed by atoms with E-state index in [9.17, 15) is 9.90 Å². The Labute approximate surface area is 140 Å². The molecule has 5 heteroatoms. The third kappa shape index (κ3) is 3.48. The smallest absolute Gasteiger partial charge is 0.251 e. The number of amides is 1. The quantitative estimate of drug-likeness (QED) is 0.559. The molecule has 2 aromatic carbocycles. The molecule has 0 aliphatic carbocycles. The maximum Gasteiger partial charge on any atom is 0.251 e. The van der Waals surface area contributed by atoms with E-state index in [0.717, 1.165) is 16.5 Å². The predicted octanol–water partition coefficient (Wildman–Crippen LogP) is 1.99. The van der Waals surface area contributed by atoms with Crippen LogP contribution in [-0.2, 0) is 13.0 Å². The molecule has 0 saturated carbocycles. The Morgan fingerprint density at radius 3 is 2.75 bits per heavy atom. The highest BCUT2D eigenvalue weighted by molar-refractivity contribution is 5.94.